The van der Waals surface area contributed by atoms with E-state index in [2.05, 4.69) is 17.2 Å². The Morgan fingerprint density at radius 1 is 1.39 bits per heavy atom. The number of benzene rings is 1. The van der Waals surface area contributed by atoms with Gasteiger partial charge in [-0.25, -0.2) is 9.37 Å². The van der Waals surface area contributed by atoms with Crippen molar-refractivity contribution in [2.75, 3.05) is 0 Å². The van der Waals surface area contributed by atoms with Crippen LogP contribution in [0.25, 0.3) is 0 Å². The Labute approximate surface area is 115 Å². The molecule has 0 aliphatic heterocycles. The Bertz CT molecular complexity index is 527. The van der Waals surface area contributed by atoms with Crippen LogP contribution in [0.15, 0.2) is 24.4 Å². The summed E-state index contributed by atoms with van der Waals surface area (Å²) in [5.41, 5.74) is 0.894. The summed E-state index contributed by atoms with van der Waals surface area (Å²) in [6.45, 7) is 3.43. The van der Waals surface area contributed by atoms with Gasteiger partial charge in [0, 0.05) is 29.2 Å². The number of nitrogens with zero attached hydrogens (tertiary/aromatic N) is 1. The van der Waals surface area contributed by atoms with E-state index in [0.29, 0.717) is 18.1 Å². The molecule has 0 radical (unpaired) electrons. The minimum atomic E-state index is -0.309. The summed E-state index contributed by atoms with van der Waals surface area (Å²) in [4.78, 5) is 5.60. The summed E-state index contributed by atoms with van der Waals surface area (Å²) in [5.74, 6) is -0.309. The highest BCUT2D eigenvalue weighted by atomic mass is 35.5. The third-order valence-corrected chi connectivity index (χ3v) is 4.05. The van der Waals surface area contributed by atoms with Crippen molar-refractivity contribution in [2.45, 2.75) is 26.4 Å². The normalized spacial score (nSPS) is 10.8. The molecule has 0 saturated heterocycles. The van der Waals surface area contributed by atoms with Crippen LogP contribution in [-0.2, 0) is 19.5 Å². The summed E-state index contributed by atoms with van der Waals surface area (Å²) in [6, 6.07) is 4.45. The quantitative estimate of drug-likeness (QED) is 0.904. The van der Waals surface area contributed by atoms with Crippen LogP contribution >= 0.6 is 22.9 Å². The number of aromatic nitrogens is 1. The molecular weight excluding hydrogens is 271 g/mol. The second kappa shape index (κ2) is 6.27. The fraction of sp³-hybridized carbons (Fsp3) is 0.308. The lowest BCUT2D eigenvalue weighted by atomic mass is 10.2. The van der Waals surface area contributed by atoms with Crippen LogP contribution in [0.2, 0.25) is 5.02 Å². The molecule has 0 saturated carbocycles. The number of rotatable bonds is 5. The van der Waals surface area contributed by atoms with Gasteiger partial charge in [0.25, 0.3) is 0 Å². The number of hydrogen-bond donors (Lipinski definition) is 1. The predicted octanol–water partition coefficient (Wildman–Crippen LogP) is 3.79. The molecular formula is C13H14ClFN2S. The zero-order chi connectivity index (χ0) is 13.0. The molecule has 1 N–H and O–H groups in total. The van der Waals surface area contributed by atoms with Crippen molar-refractivity contribution >= 4 is 22.9 Å². The van der Waals surface area contributed by atoms with E-state index in [1.807, 2.05) is 6.20 Å². The number of aryl methyl sites for hydroxylation is 1. The van der Waals surface area contributed by atoms with E-state index in [-0.39, 0.29) is 5.82 Å². The summed E-state index contributed by atoms with van der Waals surface area (Å²) in [7, 11) is 0. The molecule has 2 aromatic rings. The van der Waals surface area contributed by atoms with Gasteiger partial charge in [-0.1, -0.05) is 24.6 Å². The maximum absolute atomic E-state index is 12.9. The molecule has 0 spiro atoms. The smallest absolute Gasteiger partial charge is 0.124 e. The lowest BCUT2D eigenvalue weighted by Gasteiger charge is -2.05. The Hall–Kier alpha value is -0.970. The van der Waals surface area contributed by atoms with Crippen LogP contribution in [0, 0.1) is 5.82 Å². The van der Waals surface area contributed by atoms with Gasteiger partial charge in [0.1, 0.15) is 10.8 Å². The van der Waals surface area contributed by atoms with E-state index >= 15 is 0 Å². The van der Waals surface area contributed by atoms with Crippen LogP contribution in [0.4, 0.5) is 4.39 Å². The maximum atomic E-state index is 12.9. The van der Waals surface area contributed by atoms with Crippen LogP contribution in [0.5, 0.6) is 0 Å². The fourth-order valence-corrected chi connectivity index (χ4v) is 2.63. The van der Waals surface area contributed by atoms with E-state index in [1.54, 1.807) is 17.4 Å². The first-order valence-corrected chi connectivity index (χ1v) is 6.96. The van der Waals surface area contributed by atoms with Crippen molar-refractivity contribution in [1.29, 1.82) is 0 Å². The number of hydrogen-bond acceptors (Lipinski definition) is 3. The predicted molar refractivity (Wildman–Crippen MR) is 73.4 cm³/mol. The van der Waals surface area contributed by atoms with E-state index in [0.717, 1.165) is 17.0 Å². The van der Waals surface area contributed by atoms with E-state index in [1.165, 1.54) is 17.0 Å². The molecule has 0 fully saturated rings. The molecule has 5 heteroatoms. The molecule has 1 aromatic carbocycles. The van der Waals surface area contributed by atoms with Gasteiger partial charge in [0.15, 0.2) is 0 Å². The highest BCUT2D eigenvalue weighted by Gasteiger charge is 2.03. The topological polar surface area (TPSA) is 24.9 Å². The number of thiazole rings is 1. The Kier molecular flexibility index (Phi) is 4.69. The SMILES string of the molecule is CCc1cnc(CNCc2ccc(F)cc2Cl)s1. The van der Waals surface area contributed by atoms with Gasteiger partial charge in [0.2, 0.25) is 0 Å². The largest absolute Gasteiger partial charge is 0.306 e. The highest BCUT2D eigenvalue weighted by Crippen LogP contribution is 2.17. The van der Waals surface area contributed by atoms with Crippen molar-refractivity contribution in [1.82, 2.24) is 10.3 Å². The van der Waals surface area contributed by atoms with E-state index in [9.17, 15) is 4.39 Å². The maximum Gasteiger partial charge on any atom is 0.124 e. The number of halogens is 2. The summed E-state index contributed by atoms with van der Waals surface area (Å²) < 4.78 is 12.9. The van der Waals surface area contributed by atoms with Crippen molar-refractivity contribution in [2.24, 2.45) is 0 Å². The Balaban J connectivity index is 1.88. The minimum Gasteiger partial charge on any atom is -0.306 e. The highest BCUT2D eigenvalue weighted by molar-refractivity contribution is 7.11. The van der Waals surface area contributed by atoms with Crippen molar-refractivity contribution in [3.05, 3.63) is 50.7 Å². The molecule has 0 amide bonds. The van der Waals surface area contributed by atoms with Crippen molar-refractivity contribution in [3.63, 3.8) is 0 Å². The first kappa shape index (κ1) is 13.5. The van der Waals surface area contributed by atoms with Crippen LogP contribution in [-0.4, -0.2) is 4.98 Å². The fourth-order valence-electron chi connectivity index (χ4n) is 1.56. The molecule has 0 unspecified atom stereocenters. The third kappa shape index (κ3) is 3.51. The number of nitrogens with one attached hydrogen (secondary N) is 1. The molecule has 0 atom stereocenters. The van der Waals surface area contributed by atoms with Crippen molar-refractivity contribution in [3.8, 4) is 0 Å². The van der Waals surface area contributed by atoms with Crippen molar-refractivity contribution < 1.29 is 4.39 Å². The Morgan fingerprint density at radius 3 is 2.89 bits per heavy atom. The lowest BCUT2D eigenvalue weighted by molar-refractivity contribution is 0.625. The summed E-state index contributed by atoms with van der Waals surface area (Å²) >= 11 is 7.65. The van der Waals surface area contributed by atoms with Gasteiger partial charge in [0.05, 0.1) is 0 Å². The van der Waals surface area contributed by atoms with Crippen LogP contribution in [0.3, 0.4) is 0 Å². The molecule has 96 valence electrons. The van der Waals surface area contributed by atoms with E-state index < -0.39 is 0 Å². The van der Waals surface area contributed by atoms with Gasteiger partial charge >= 0.3 is 0 Å². The molecule has 0 bridgehead atoms. The lowest BCUT2D eigenvalue weighted by Crippen LogP contribution is -2.12. The van der Waals surface area contributed by atoms with Crippen LogP contribution < -0.4 is 5.32 Å². The summed E-state index contributed by atoms with van der Waals surface area (Å²) in [5, 5.41) is 4.77. The second-order valence-corrected chi connectivity index (χ2v) is 5.52. The first-order chi connectivity index (χ1) is 8.69. The second-order valence-electron chi connectivity index (χ2n) is 3.91. The molecule has 2 rings (SSSR count). The molecule has 1 aromatic heterocycles. The van der Waals surface area contributed by atoms with Gasteiger partial charge in [-0.15, -0.1) is 11.3 Å². The molecule has 1 heterocycles. The summed E-state index contributed by atoms with van der Waals surface area (Å²) in [6.07, 6.45) is 2.92. The minimum absolute atomic E-state index is 0.309. The molecule has 2 nitrogen and oxygen atoms in total. The average molecular weight is 285 g/mol. The zero-order valence-electron chi connectivity index (χ0n) is 10.0. The van der Waals surface area contributed by atoms with Gasteiger partial charge in [-0.05, 0) is 24.1 Å². The monoisotopic (exact) mass is 284 g/mol. The molecule has 0 aliphatic rings. The zero-order valence-corrected chi connectivity index (χ0v) is 11.6. The Morgan fingerprint density at radius 2 is 2.22 bits per heavy atom. The van der Waals surface area contributed by atoms with Crippen LogP contribution in [0.1, 0.15) is 22.4 Å². The third-order valence-electron chi connectivity index (χ3n) is 2.56. The molecule has 18 heavy (non-hydrogen) atoms. The van der Waals surface area contributed by atoms with E-state index in [4.69, 9.17) is 11.6 Å². The standard InChI is InChI=1S/C13H14ClFN2S/c1-2-11-7-17-13(18-11)8-16-6-9-3-4-10(15)5-12(9)14/h3-5,7,16H,2,6,8H2,1H3. The van der Waals surface area contributed by atoms with Gasteiger partial charge in [-0.3, -0.25) is 0 Å². The molecule has 0 aliphatic carbocycles. The average Bonchev–Trinajstić information content (AvgIpc) is 2.80. The first-order valence-electron chi connectivity index (χ1n) is 5.77. The van der Waals surface area contributed by atoms with Gasteiger partial charge < -0.3 is 5.32 Å². The van der Waals surface area contributed by atoms with Gasteiger partial charge in [-0.2, -0.15) is 0 Å².